The van der Waals surface area contributed by atoms with Crippen LogP contribution in [0.5, 0.6) is 17.2 Å². The van der Waals surface area contributed by atoms with Crippen molar-refractivity contribution in [1.29, 1.82) is 0 Å². The van der Waals surface area contributed by atoms with Gasteiger partial charge in [-0.2, -0.15) is 13.2 Å². The second-order valence-electron chi connectivity index (χ2n) is 8.89. The third kappa shape index (κ3) is 5.09. The first-order valence-corrected chi connectivity index (χ1v) is 12.1. The van der Waals surface area contributed by atoms with Gasteiger partial charge in [0.25, 0.3) is 0 Å². The number of phenols is 1. The standard InChI is InChI=1S/C32H22F3NO4/c1-36-28-19-29(37)26(31(38)39-2)18-25(28)23(30(36)24-10-6-7-11-27(24)32(33,34)35)17-14-20-12-15-22(16-13-20)40-21-8-4-3-5-9-21/h3-13,15-16,18-19,37H,1-2H3. The van der Waals surface area contributed by atoms with Gasteiger partial charge in [-0.25, -0.2) is 4.79 Å². The first kappa shape index (κ1) is 26.4. The van der Waals surface area contributed by atoms with E-state index in [0.717, 1.165) is 6.07 Å². The van der Waals surface area contributed by atoms with Crippen LogP contribution in [0.3, 0.4) is 0 Å². The zero-order valence-electron chi connectivity index (χ0n) is 21.4. The van der Waals surface area contributed by atoms with Crippen LogP contribution in [0.25, 0.3) is 22.2 Å². The maximum atomic E-state index is 14.0. The molecule has 4 aromatic carbocycles. The number of esters is 1. The summed E-state index contributed by atoms with van der Waals surface area (Å²) in [4.78, 5) is 12.3. The monoisotopic (exact) mass is 541 g/mol. The number of phenolic OH excluding ortho intramolecular Hbond substituents is 1. The highest BCUT2D eigenvalue weighted by Gasteiger charge is 2.35. The van der Waals surface area contributed by atoms with Crippen LogP contribution in [0.15, 0.2) is 91.0 Å². The molecule has 0 aliphatic rings. The zero-order chi connectivity index (χ0) is 28.4. The molecule has 5 rings (SSSR count). The minimum atomic E-state index is -4.62. The number of aryl methyl sites for hydroxylation is 1. The van der Waals surface area contributed by atoms with E-state index in [4.69, 9.17) is 9.47 Å². The first-order valence-electron chi connectivity index (χ1n) is 12.1. The molecule has 0 saturated carbocycles. The summed E-state index contributed by atoms with van der Waals surface area (Å²) in [6.07, 6.45) is -4.62. The van der Waals surface area contributed by atoms with Gasteiger partial charge in [-0.05, 0) is 48.5 Å². The van der Waals surface area contributed by atoms with Crippen molar-refractivity contribution < 1.29 is 32.5 Å². The smallest absolute Gasteiger partial charge is 0.417 e. The Balaban J connectivity index is 1.67. The molecule has 0 aliphatic heterocycles. The number of rotatable bonds is 4. The molecule has 0 radical (unpaired) electrons. The summed E-state index contributed by atoms with van der Waals surface area (Å²) in [5, 5.41) is 10.9. The summed E-state index contributed by atoms with van der Waals surface area (Å²) in [6, 6.07) is 24.2. The van der Waals surface area contributed by atoms with Gasteiger partial charge in [0.05, 0.1) is 29.4 Å². The fourth-order valence-corrected chi connectivity index (χ4v) is 4.49. The summed E-state index contributed by atoms with van der Waals surface area (Å²) >= 11 is 0. The molecule has 40 heavy (non-hydrogen) atoms. The summed E-state index contributed by atoms with van der Waals surface area (Å²) in [6.45, 7) is 0. The van der Waals surface area contributed by atoms with Gasteiger partial charge in [0.15, 0.2) is 0 Å². The lowest BCUT2D eigenvalue weighted by Crippen LogP contribution is -2.08. The van der Waals surface area contributed by atoms with Crippen LogP contribution < -0.4 is 4.74 Å². The van der Waals surface area contributed by atoms with E-state index in [1.807, 2.05) is 30.3 Å². The molecule has 0 aliphatic carbocycles. The van der Waals surface area contributed by atoms with Gasteiger partial charge < -0.3 is 19.1 Å². The maximum Gasteiger partial charge on any atom is 0.417 e. The summed E-state index contributed by atoms with van der Waals surface area (Å²) in [7, 11) is 2.76. The largest absolute Gasteiger partial charge is 0.507 e. The molecule has 0 amide bonds. The SMILES string of the molecule is COC(=O)c1cc2c(C#Cc3ccc(Oc4ccccc4)cc3)c(-c3ccccc3C(F)(F)F)n(C)c2cc1O. The number of ether oxygens (including phenoxy) is 2. The molecule has 0 bridgehead atoms. The van der Waals surface area contributed by atoms with Gasteiger partial charge in [-0.15, -0.1) is 0 Å². The summed E-state index contributed by atoms with van der Waals surface area (Å²) in [5.41, 5.74) is 0.423. The van der Waals surface area contributed by atoms with E-state index in [0.29, 0.717) is 28.0 Å². The van der Waals surface area contributed by atoms with Crippen molar-refractivity contribution in [3.05, 3.63) is 113 Å². The second kappa shape index (κ2) is 10.5. The number of hydrogen-bond donors (Lipinski definition) is 1. The lowest BCUT2D eigenvalue weighted by Gasteiger charge is -2.14. The van der Waals surface area contributed by atoms with Crippen molar-refractivity contribution in [2.75, 3.05) is 7.11 Å². The van der Waals surface area contributed by atoms with E-state index in [9.17, 15) is 23.1 Å². The number of carbonyl (C=O) groups excluding carboxylic acids is 1. The number of halogens is 3. The van der Waals surface area contributed by atoms with Crippen molar-refractivity contribution >= 4 is 16.9 Å². The highest BCUT2D eigenvalue weighted by molar-refractivity contribution is 6.02. The average Bonchev–Trinajstić information content (AvgIpc) is 3.21. The summed E-state index contributed by atoms with van der Waals surface area (Å²) < 4.78 is 54.2. The van der Waals surface area contributed by atoms with Gasteiger partial charge in [0, 0.05) is 29.6 Å². The van der Waals surface area contributed by atoms with Crippen molar-refractivity contribution in [2.45, 2.75) is 6.18 Å². The lowest BCUT2D eigenvalue weighted by molar-refractivity contribution is -0.137. The zero-order valence-corrected chi connectivity index (χ0v) is 21.4. The molecule has 5 aromatic rings. The van der Waals surface area contributed by atoms with Crippen LogP contribution in [0.2, 0.25) is 0 Å². The number of methoxy groups -OCH3 is 1. The number of nitrogens with zero attached hydrogens (tertiary/aromatic N) is 1. The molecule has 0 spiro atoms. The van der Waals surface area contributed by atoms with Crippen molar-refractivity contribution in [3.63, 3.8) is 0 Å². The Morgan fingerprint density at radius 3 is 2.20 bits per heavy atom. The van der Waals surface area contributed by atoms with E-state index < -0.39 is 17.7 Å². The fraction of sp³-hybridized carbons (Fsp3) is 0.0938. The molecule has 8 heteroatoms. The first-order chi connectivity index (χ1) is 19.2. The Labute approximate surface area is 228 Å². The van der Waals surface area contributed by atoms with Gasteiger partial charge >= 0.3 is 12.1 Å². The molecule has 0 saturated heterocycles. The summed E-state index contributed by atoms with van der Waals surface area (Å²) in [5.74, 6) is 6.19. The van der Waals surface area contributed by atoms with Crippen LogP contribution in [0.4, 0.5) is 13.2 Å². The molecule has 0 unspecified atom stereocenters. The Morgan fingerprint density at radius 1 is 0.875 bits per heavy atom. The number of aromatic nitrogens is 1. The quantitative estimate of drug-likeness (QED) is 0.189. The number of alkyl halides is 3. The third-order valence-electron chi connectivity index (χ3n) is 6.37. The van der Waals surface area contributed by atoms with E-state index in [1.165, 1.54) is 42.0 Å². The van der Waals surface area contributed by atoms with Crippen LogP contribution >= 0.6 is 0 Å². The van der Waals surface area contributed by atoms with E-state index >= 15 is 0 Å². The van der Waals surface area contributed by atoms with Gasteiger partial charge in [-0.1, -0.05) is 48.2 Å². The van der Waals surface area contributed by atoms with Crippen LogP contribution in [-0.2, 0) is 18.0 Å². The van der Waals surface area contributed by atoms with E-state index in [1.54, 1.807) is 31.3 Å². The normalized spacial score (nSPS) is 11.1. The highest BCUT2D eigenvalue weighted by atomic mass is 19.4. The van der Waals surface area contributed by atoms with Gasteiger partial charge in [0.2, 0.25) is 0 Å². The molecule has 0 atom stereocenters. The number of benzene rings is 4. The van der Waals surface area contributed by atoms with Crippen molar-refractivity contribution in [3.8, 4) is 40.3 Å². The average molecular weight is 542 g/mol. The Bertz CT molecular complexity index is 1780. The van der Waals surface area contributed by atoms with Gasteiger partial charge in [-0.3, -0.25) is 0 Å². The maximum absolute atomic E-state index is 14.0. The Hall–Kier alpha value is -5.16. The molecule has 200 valence electrons. The molecule has 1 aromatic heterocycles. The van der Waals surface area contributed by atoms with Crippen molar-refractivity contribution in [2.24, 2.45) is 7.05 Å². The predicted octanol–water partition coefficient (Wildman–Crippen LogP) is 7.55. The molecular weight excluding hydrogens is 519 g/mol. The number of fused-ring (bicyclic) bond motifs is 1. The number of para-hydroxylation sites is 1. The minimum absolute atomic E-state index is 0.0799. The van der Waals surface area contributed by atoms with Crippen LogP contribution in [-0.4, -0.2) is 22.8 Å². The Kier molecular flexibility index (Phi) is 6.97. The molecular formula is C32H22F3NO4. The van der Waals surface area contributed by atoms with Crippen LogP contribution in [0, 0.1) is 11.8 Å². The van der Waals surface area contributed by atoms with E-state index in [-0.39, 0.29) is 28.1 Å². The van der Waals surface area contributed by atoms with Crippen LogP contribution in [0.1, 0.15) is 27.0 Å². The number of aromatic hydroxyl groups is 1. The van der Waals surface area contributed by atoms with Gasteiger partial charge in [0.1, 0.15) is 22.8 Å². The fourth-order valence-electron chi connectivity index (χ4n) is 4.49. The second-order valence-corrected chi connectivity index (χ2v) is 8.89. The minimum Gasteiger partial charge on any atom is -0.507 e. The number of carbonyl (C=O) groups is 1. The molecule has 0 fully saturated rings. The third-order valence-corrected chi connectivity index (χ3v) is 6.37. The highest BCUT2D eigenvalue weighted by Crippen LogP contribution is 2.42. The Morgan fingerprint density at radius 2 is 1.52 bits per heavy atom. The molecule has 1 heterocycles. The number of hydrogen-bond acceptors (Lipinski definition) is 4. The molecule has 5 nitrogen and oxygen atoms in total. The molecule has 1 N–H and O–H groups in total. The topological polar surface area (TPSA) is 60.7 Å². The lowest BCUT2D eigenvalue weighted by atomic mass is 9.99. The van der Waals surface area contributed by atoms with Crippen molar-refractivity contribution in [1.82, 2.24) is 4.57 Å². The van der Waals surface area contributed by atoms with E-state index in [2.05, 4.69) is 11.8 Å². The predicted molar refractivity (Wildman–Crippen MR) is 145 cm³/mol.